The van der Waals surface area contributed by atoms with Gasteiger partial charge in [0.25, 0.3) is 0 Å². The predicted molar refractivity (Wildman–Crippen MR) is 70.7 cm³/mol. The number of primary amides is 1. The van der Waals surface area contributed by atoms with Crippen LogP contribution >= 0.6 is 11.6 Å². The first-order valence-electron chi connectivity index (χ1n) is 5.42. The maximum absolute atomic E-state index is 11.0. The first kappa shape index (κ1) is 13.0. The molecule has 3 N–H and O–H groups in total. The van der Waals surface area contributed by atoms with Crippen LogP contribution < -0.4 is 11.1 Å². The van der Waals surface area contributed by atoms with Gasteiger partial charge in [-0.05, 0) is 30.3 Å². The molecule has 0 spiro atoms. The van der Waals surface area contributed by atoms with Crippen LogP contribution in [-0.2, 0) is 6.54 Å². The molecule has 2 rings (SSSR count). The molecule has 0 radical (unpaired) electrons. The van der Waals surface area contributed by atoms with Crippen molar-refractivity contribution in [3.05, 3.63) is 52.4 Å². The molecule has 0 aliphatic carbocycles. The Morgan fingerprint density at radius 3 is 2.79 bits per heavy atom. The molecular weight excluding hydrogens is 266 g/mol. The monoisotopic (exact) mass is 275 g/mol. The lowest BCUT2D eigenvalue weighted by molar-refractivity contribution is 0.100. The number of amides is 1. The highest BCUT2D eigenvalue weighted by Crippen LogP contribution is 2.21. The zero-order valence-electron chi connectivity index (χ0n) is 9.81. The molecule has 0 saturated heterocycles. The summed E-state index contributed by atoms with van der Waals surface area (Å²) in [7, 11) is 0. The van der Waals surface area contributed by atoms with Gasteiger partial charge >= 0.3 is 0 Å². The third-order valence-corrected chi connectivity index (χ3v) is 2.79. The number of furan rings is 1. The van der Waals surface area contributed by atoms with Gasteiger partial charge in [0.1, 0.15) is 11.8 Å². The average molecular weight is 276 g/mol. The molecule has 6 heteroatoms. The van der Waals surface area contributed by atoms with Crippen LogP contribution in [0.15, 0.2) is 34.7 Å². The molecule has 0 fully saturated rings. The summed E-state index contributed by atoms with van der Waals surface area (Å²) in [6.07, 6.45) is 0. The minimum Gasteiger partial charge on any atom is -0.449 e. The van der Waals surface area contributed by atoms with E-state index in [0.29, 0.717) is 12.3 Å². The quantitative estimate of drug-likeness (QED) is 0.897. The summed E-state index contributed by atoms with van der Waals surface area (Å²) in [4.78, 5) is 11.0. The number of nitrogens with two attached hydrogens (primary N) is 1. The molecule has 0 bridgehead atoms. The molecule has 5 nitrogen and oxygen atoms in total. The van der Waals surface area contributed by atoms with Crippen LogP contribution in [0, 0.1) is 11.3 Å². The highest BCUT2D eigenvalue weighted by atomic mass is 35.5. The van der Waals surface area contributed by atoms with Crippen molar-refractivity contribution in [2.24, 2.45) is 5.73 Å². The van der Waals surface area contributed by atoms with Crippen molar-refractivity contribution in [3.8, 4) is 6.07 Å². The smallest absolute Gasteiger partial charge is 0.250 e. The standard InChI is InChI=1S/C13H10ClN3O2/c14-12-5-8(1-4-11(12)13(16)18)17-7-10-3-2-9(6-15)19-10/h1-5,17H,7H2,(H2,16,18). The molecule has 1 aromatic carbocycles. The van der Waals surface area contributed by atoms with Crippen molar-refractivity contribution in [2.75, 3.05) is 5.32 Å². The van der Waals surface area contributed by atoms with Crippen LogP contribution in [0.3, 0.4) is 0 Å². The Morgan fingerprint density at radius 1 is 1.42 bits per heavy atom. The summed E-state index contributed by atoms with van der Waals surface area (Å²) in [5.41, 5.74) is 6.16. The number of carbonyl (C=O) groups excluding carboxylic acids is 1. The van der Waals surface area contributed by atoms with Gasteiger partial charge in [-0.25, -0.2) is 0 Å². The normalized spacial score (nSPS) is 9.89. The number of nitrogens with zero attached hydrogens (tertiary/aromatic N) is 1. The summed E-state index contributed by atoms with van der Waals surface area (Å²) in [6, 6.07) is 10.1. The lowest BCUT2D eigenvalue weighted by Gasteiger charge is -2.06. The van der Waals surface area contributed by atoms with Gasteiger partial charge in [0.15, 0.2) is 0 Å². The third-order valence-electron chi connectivity index (χ3n) is 2.47. The van der Waals surface area contributed by atoms with E-state index in [1.54, 1.807) is 30.3 Å². The molecule has 0 aliphatic heterocycles. The molecule has 0 unspecified atom stereocenters. The van der Waals surface area contributed by atoms with Crippen molar-refractivity contribution in [3.63, 3.8) is 0 Å². The first-order valence-corrected chi connectivity index (χ1v) is 5.80. The van der Waals surface area contributed by atoms with E-state index < -0.39 is 5.91 Å². The van der Waals surface area contributed by atoms with Gasteiger partial charge in [-0.1, -0.05) is 11.6 Å². The number of nitrogens with one attached hydrogen (secondary N) is 1. The van der Waals surface area contributed by atoms with E-state index in [0.717, 1.165) is 5.69 Å². The van der Waals surface area contributed by atoms with E-state index in [1.807, 2.05) is 6.07 Å². The van der Waals surface area contributed by atoms with Crippen molar-refractivity contribution in [1.29, 1.82) is 5.26 Å². The zero-order valence-corrected chi connectivity index (χ0v) is 10.6. The van der Waals surface area contributed by atoms with E-state index in [9.17, 15) is 4.79 Å². The van der Waals surface area contributed by atoms with Crippen molar-refractivity contribution in [2.45, 2.75) is 6.54 Å². The van der Waals surface area contributed by atoms with Gasteiger partial charge < -0.3 is 15.5 Å². The van der Waals surface area contributed by atoms with E-state index in [-0.39, 0.29) is 16.3 Å². The molecule has 0 saturated carbocycles. The van der Waals surface area contributed by atoms with Crippen LogP contribution in [0.2, 0.25) is 5.02 Å². The second-order valence-electron chi connectivity index (χ2n) is 3.79. The summed E-state index contributed by atoms with van der Waals surface area (Å²) < 4.78 is 5.22. The number of carbonyl (C=O) groups is 1. The minimum atomic E-state index is -0.568. The largest absolute Gasteiger partial charge is 0.449 e. The lowest BCUT2D eigenvalue weighted by atomic mass is 10.2. The second-order valence-corrected chi connectivity index (χ2v) is 4.20. The number of hydrogen-bond acceptors (Lipinski definition) is 4. The maximum atomic E-state index is 11.0. The van der Waals surface area contributed by atoms with E-state index in [2.05, 4.69) is 5.32 Å². The van der Waals surface area contributed by atoms with Crippen LogP contribution in [0.25, 0.3) is 0 Å². The summed E-state index contributed by atoms with van der Waals surface area (Å²) in [6.45, 7) is 0.411. The van der Waals surface area contributed by atoms with Crippen LogP contribution in [-0.4, -0.2) is 5.91 Å². The van der Waals surface area contributed by atoms with Gasteiger partial charge in [0.05, 0.1) is 17.1 Å². The van der Waals surface area contributed by atoms with Gasteiger partial charge in [-0.3, -0.25) is 4.79 Å². The fraction of sp³-hybridized carbons (Fsp3) is 0.0769. The fourth-order valence-corrected chi connectivity index (χ4v) is 1.82. The second kappa shape index (κ2) is 5.46. The van der Waals surface area contributed by atoms with Crippen LogP contribution in [0.1, 0.15) is 21.9 Å². The number of anilines is 1. The molecule has 1 aromatic heterocycles. The van der Waals surface area contributed by atoms with Crippen molar-refractivity contribution in [1.82, 2.24) is 0 Å². The summed E-state index contributed by atoms with van der Waals surface area (Å²) in [5, 5.41) is 12.0. The average Bonchev–Trinajstić information content (AvgIpc) is 2.84. The SMILES string of the molecule is N#Cc1ccc(CNc2ccc(C(N)=O)c(Cl)c2)o1. The Labute approximate surface area is 114 Å². The van der Waals surface area contributed by atoms with Crippen molar-refractivity contribution >= 4 is 23.2 Å². The van der Waals surface area contributed by atoms with Gasteiger partial charge in [0, 0.05) is 5.69 Å². The number of halogens is 1. The molecule has 2 aromatic rings. The number of nitriles is 1. The molecule has 1 heterocycles. The molecule has 0 aliphatic rings. The lowest BCUT2D eigenvalue weighted by Crippen LogP contribution is -2.11. The first-order chi connectivity index (χ1) is 9.10. The zero-order chi connectivity index (χ0) is 13.8. The molecule has 19 heavy (non-hydrogen) atoms. The van der Waals surface area contributed by atoms with Gasteiger partial charge in [-0.15, -0.1) is 0 Å². The Morgan fingerprint density at radius 2 is 2.21 bits per heavy atom. The summed E-state index contributed by atoms with van der Waals surface area (Å²) in [5.74, 6) is 0.326. The number of hydrogen-bond donors (Lipinski definition) is 2. The third kappa shape index (κ3) is 3.06. The fourth-order valence-electron chi connectivity index (χ4n) is 1.55. The van der Waals surface area contributed by atoms with E-state index >= 15 is 0 Å². The van der Waals surface area contributed by atoms with E-state index in [1.165, 1.54) is 0 Å². The Hall–Kier alpha value is -2.45. The highest BCUT2D eigenvalue weighted by Gasteiger charge is 2.07. The van der Waals surface area contributed by atoms with Crippen LogP contribution in [0.4, 0.5) is 5.69 Å². The molecule has 96 valence electrons. The summed E-state index contributed by atoms with van der Waals surface area (Å²) >= 11 is 5.93. The van der Waals surface area contributed by atoms with Crippen LogP contribution in [0.5, 0.6) is 0 Å². The molecule has 1 amide bonds. The van der Waals surface area contributed by atoms with E-state index in [4.69, 9.17) is 27.0 Å². The number of benzene rings is 1. The van der Waals surface area contributed by atoms with Gasteiger partial charge in [0.2, 0.25) is 11.7 Å². The topological polar surface area (TPSA) is 92.0 Å². The molecular formula is C13H10ClN3O2. The van der Waals surface area contributed by atoms with Gasteiger partial charge in [-0.2, -0.15) is 5.26 Å². The Bertz CT molecular complexity index is 658. The Kier molecular flexibility index (Phi) is 3.74. The predicted octanol–water partition coefficient (Wildman–Crippen LogP) is 2.52. The maximum Gasteiger partial charge on any atom is 0.250 e. The minimum absolute atomic E-state index is 0.263. The Balaban J connectivity index is 2.06. The molecule has 0 atom stereocenters. The highest BCUT2D eigenvalue weighted by molar-refractivity contribution is 6.34. The number of rotatable bonds is 4. The van der Waals surface area contributed by atoms with Crippen molar-refractivity contribution < 1.29 is 9.21 Å².